The summed E-state index contributed by atoms with van der Waals surface area (Å²) >= 11 is 0. The molecule has 0 aliphatic carbocycles. The molecule has 2 atom stereocenters. The molecule has 3 rings (SSSR count). The van der Waals surface area contributed by atoms with Gasteiger partial charge in [0.2, 0.25) is 0 Å². The Morgan fingerprint density at radius 1 is 0.931 bits per heavy atom. The number of hydrogen-bond donors (Lipinski definition) is 0. The van der Waals surface area contributed by atoms with Crippen LogP contribution in [0.5, 0.6) is 0 Å². The zero-order valence-electron chi connectivity index (χ0n) is 18.1. The fourth-order valence-electron chi connectivity index (χ4n) is 4.34. The van der Waals surface area contributed by atoms with E-state index in [1.807, 2.05) is 0 Å². The van der Waals surface area contributed by atoms with E-state index in [2.05, 4.69) is 93.6 Å². The number of methoxy groups -OCH3 is 1. The molecule has 156 valence electrons. The normalized spacial score (nSPS) is 20.4. The van der Waals surface area contributed by atoms with E-state index < -0.39 is 8.32 Å². The molecule has 0 bridgehead atoms. The molecular formula is C25H34O3Si. The minimum absolute atomic E-state index is 0.0117. The van der Waals surface area contributed by atoms with Gasteiger partial charge in [0.1, 0.15) is 0 Å². The maximum absolute atomic E-state index is 6.99. The van der Waals surface area contributed by atoms with Gasteiger partial charge in [0, 0.05) is 13.7 Å². The largest absolute Gasteiger partial charge is 0.407 e. The van der Waals surface area contributed by atoms with E-state index in [1.54, 1.807) is 7.11 Å². The standard InChI is InChI=1S/C25H34O3Si/c1-25(2,3)29(21-13-7-5-8-14-21,22-15-9-6-10-16-22)28-20-18-24-23(26-4)17-11-12-19-27-24/h5-16,23-24H,17-20H2,1-4H3/t23-,24+/m0/s1. The summed E-state index contributed by atoms with van der Waals surface area (Å²) in [5.41, 5.74) is 0. The first-order valence-corrected chi connectivity index (χ1v) is 12.4. The third kappa shape index (κ3) is 4.89. The molecule has 0 fully saturated rings. The molecule has 2 aromatic carbocycles. The Bertz CT molecular complexity index is 728. The van der Waals surface area contributed by atoms with Gasteiger partial charge in [-0.05, 0) is 28.3 Å². The van der Waals surface area contributed by atoms with Crippen molar-refractivity contribution in [3.05, 3.63) is 72.8 Å². The monoisotopic (exact) mass is 410 g/mol. The SMILES string of the molecule is CO[C@H]1CC=CCO[C@@H]1CCO[Si](c1ccccc1)(c1ccccc1)C(C)(C)C. The lowest BCUT2D eigenvalue weighted by Crippen LogP contribution is -2.66. The zero-order chi connectivity index (χ0) is 20.7. The second-order valence-corrected chi connectivity index (χ2v) is 13.0. The molecule has 3 nitrogen and oxygen atoms in total. The molecule has 2 aromatic rings. The van der Waals surface area contributed by atoms with Crippen LogP contribution in [0, 0.1) is 0 Å². The molecule has 0 saturated carbocycles. The van der Waals surface area contributed by atoms with Crippen LogP contribution in [-0.2, 0) is 13.9 Å². The van der Waals surface area contributed by atoms with Crippen molar-refractivity contribution in [2.24, 2.45) is 0 Å². The lowest BCUT2D eigenvalue weighted by Gasteiger charge is -2.43. The number of benzene rings is 2. The Balaban J connectivity index is 1.90. The first-order valence-electron chi connectivity index (χ1n) is 10.5. The fraction of sp³-hybridized carbons (Fsp3) is 0.440. The van der Waals surface area contributed by atoms with Crippen LogP contribution in [0.4, 0.5) is 0 Å². The topological polar surface area (TPSA) is 27.7 Å². The molecule has 0 N–H and O–H groups in total. The van der Waals surface area contributed by atoms with Crippen molar-refractivity contribution in [2.75, 3.05) is 20.3 Å². The summed E-state index contributed by atoms with van der Waals surface area (Å²) in [7, 11) is -0.724. The summed E-state index contributed by atoms with van der Waals surface area (Å²) in [6.07, 6.45) is 6.07. The third-order valence-corrected chi connectivity index (χ3v) is 10.8. The second-order valence-electron chi connectivity index (χ2n) is 8.65. The Labute approximate surface area is 176 Å². The van der Waals surface area contributed by atoms with Crippen LogP contribution in [0.2, 0.25) is 5.04 Å². The molecule has 0 amide bonds. The number of ether oxygens (including phenoxy) is 2. The molecule has 29 heavy (non-hydrogen) atoms. The van der Waals surface area contributed by atoms with Crippen LogP contribution in [0.1, 0.15) is 33.6 Å². The molecule has 1 aliphatic heterocycles. The van der Waals surface area contributed by atoms with Crippen molar-refractivity contribution < 1.29 is 13.9 Å². The van der Waals surface area contributed by atoms with Gasteiger partial charge in [0.05, 0.1) is 18.8 Å². The van der Waals surface area contributed by atoms with Crippen molar-refractivity contribution in [1.29, 1.82) is 0 Å². The van der Waals surface area contributed by atoms with Crippen molar-refractivity contribution in [2.45, 2.75) is 50.9 Å². The highest BCUT2D eigenvalue weighted by Gasteiger charge is 2.50. The van der Waals surface area contributed by atoms with Gasteiger partial charge < -0.3 is 13.9 Å². The van der Waals surface area contributed by atoms with E-state index in [9.17, 15) is 0 Å². The lowest BCUT2D eigenvalue weighted by molar-refractivity contribution is -0.0503. The smallest absolute Gasteiger partial charge is 0.261 e. The Morgan fingerprint density at radius 2 is 1.52 bits per heavy atom. The van der Waals surface area contributed by atoms with Crippen LogP contribution in [0.25, 0.3) is 0 Å². The number of rotatable bonds is 7. The van der Waals surface area contributed by atoms with E-state index >= 15 is 0 Å². The Hall–Kier alpha value is -1.72. The zero-order valence-corrected chi connectivity index (χ0v) is 19.1. The van der Waals surface area contributed by atoms with Crippen molar-refractivity contribution >= 4 is 18.7 Å². The molecule has 0 saturated heterocycles. The summed E-state index contributed by atoms with van der Waals surface area (Å²) in [6, 6.07) is 21.6. The minimum atomic E-state index is -2.49. The summed E-state index contributed by atoms with van der Waals surface area (Å²) in [4.78, 5) is 0. The predicted octanol–water partition coefficient (Wildman–Crippen LogP) is 4.31. The van der Waals surface area contributed by atoms with Gasteiger partial charge in [-0.2, -0.15) is 0 Å². The van der Waals surface area contributed by atoms with Crippen LogP contribution in [0.3, 0.4) is 0 Å². The summed E-state index contributed by atoms with van der Waals surface area (Å²) in [5.74, 6) is 0. The molecule has 0 aromatic heterocycles. The average Bonchev–Trinajstić information content (AvgIpc) is 2.96. The minimum Gasteiger partial charge on any atom is -0.407 e. The molecule has 0 spiro atoms. The summed E-state index contributed by atoms with van der Waals surface area (Å²) < 4.78 is 18.7. The summed E-state index contributed by atoms with van der Waals surface area (Å²) in [5, 5.41) is 2.61. The third-order valence-electron chi connectivity index (χ3n) is 5.80. The Morgan fingerprint density at radius 3 is 2.03 bits per heavy atom. The van der Waals surface area contributed by atoms with Gasteiger partial charge >= 0.3 is 0 Å². The van der Waals surface area contributed by atoms with Crippen LogP contribution < -0.4 is 10.4 Å². The van der Waals surface area contributed by atoms with Crippen LogP contribution in [0.15, 0.2) is 72.8 Å². The summed E-state index contributed by atoms with van der Waals surface area (Å²) in [6.45, 7) is 8.22. The first kappa shape index (κ1) is 22.0. The van der Waals surface area contributed by atoms with Crippen LogP contribution >= 0.6 is 0 Å². The van der Waals surface area contributed by atoms with Gasteiger partial charge in [-0.15, -0.1) is 0 Å². The van der Waals surface area contributed by atoms with Gasteiger partial charge in [-0.1, -0.05) is 93.6 Å². The highest BCUT2D eigenvalue weighted by molar-refractivity contribution is 6.99. The van der Waals surface area contributed by atoms with E-state index in [0.29, 0.717) is 13.2 Å². The molecule has 0 unspecified atom stereocenters. The van der Waals surface area contributed by atoms with E-state index in [-0.39, 0.29) is 17.2 Å². The molecule has 1 heterocycles. The molecule has 4 heteroatoms. The number of hydrogen-bond acceptors (Lipinski definition) is 3. The van der Waals surface area contributed by atoms with E-state index in [1.165, 1.54) is 10.4 Å². The first-order chi connectivity index (χ1) is 14.0. The van der Waals surface area contributed by atoms with Crippen molar-refractivity contribution in [3.63, 3.8) is 0 Å². The lowest BCUT2D eigenvalue weighted by atomic mass is 10.1. The quantitative estimate of drug-likeness (QED) is 0.503. The van der Waals surface area contributed by atoms with E-state index in [0.717, 1.165) is 12.8 Å². The second kappa shape index (κ2) is 9.85. The van der Waals surface area contributed by atoms with E-state index in [4.69, 9.17) is 13.9 Å². The molecule has 1 aliphatic rings. The van der Waals surface area contributed by atoms with Gasteiger partial charge in [-0.3, -0.25) is 0 Å². The van der Waals surface area contributed by atoms with Crippen molar-refractivity contribution in [3.8, 4) is 0 Å². The van der Waals surface area contributed by atoms with Crippen molar-refractivity contribution in [1.82, 2.24) is 0 Å². The average molecular weight is 411 g/mol. The fourth-order valence-corrected chi connectivity index (χ4v) is 8.92. The molecular weight excluding hydrogens is 376 g/mol. The maximum Gasteiger partial charge on any atom is 0.261 e. The van der Waals surface area contributed by atoms with Gasteiger partial charge in [-0.25, -0.2) is 0 Å². The predicted molar refractivity (Wildman–Crippen MR) is 122 cm³/mol. The maximum atomic E-state index is 6.99. The van der Waals surface area contributed by atoms with Gasteiger partial charge in [0.15, 0.2) is 0 Å². The Kier molecular flexibility index (Phi) is 7.47. The highest BCUT2D eigenvalue weighted by Crippen LogP contribution is 2.37. The van der Waals surface area contributed by atoms with Gasteiger partial charge in [0.25, 0.3) is 8.32 Å². The highest BCUT2D eigenvalue weighted by atomic mass is 28.4. The molecule has 0 radical (unpaired) electrons. The van der Waals surface area contributed by atoms with Crippen LogP contribution in [-0.4, -0.2) is 40.8 Å².